The van der Waals surface area contributed by atoms with Crippen LogP contribution in [0.1, 0.15) is 27.1 Å². The summed E-state index contributed by atoms with van der Waals surface area (Å²) in [7, 11) is 0. The van der Waals surface area contributed by atoms with Crippen LogP contribution in [0.5, 0.6) is 0 Å². The summed E-state index contributed by atoms with van der Waals surface area (Å²) in [6.45, 7) is 0. The second-order valence-electron chi connectivity index (χ2n) is 4.98. The average molecular weight is 399 g/mol. The van der Waals surface area contributed by atoms with E-state index in [0.717, 1.165) is 0 Å². The lowest BCUT2D eigenvalue weighted by Gasteiger charge is -2.19. The zero-order valence-electron chi connectivity index (χ0n) is 12.8. The molecule has 2 aromatic carbocycles. The molecule has 0 aliphatic heterocycles. The molecule has 0 aromatic heterocycles. The Kier molecular flexibility index (Phi) is 5.92. The molecule has 0 saturated heterocycles. The van der Waals surface area contributed by atoms with Crippen molar-refractivity contribution in [1.29, 1.82) is 0 Å². The fourth-order valence-corrected chi connectivity index (χ4v) is 2.68. The Morgan fingerprint density at radius 2 is 1.60 bits per heavy atom. The van der Waals surface area contributed by atoms with Crippen molar-refractivity contribution in [1.82, 2.24) is 0 Å². The van der Waals surface area contributed by atoms with Crippen molar-refractivity contribution < 1.29 is 9.59 Å². The minimum atomic E-state index is -1.72. The van der Waals surface area contributed by atoms with Crippen molar-refractivity contribution in [3.63, 3.8) is 0 Å². The lowest BCUT2D eigenvalue weighted by molar-refractivity contribution is 0.0883. The van der Waals surface area contributed by atoms with Gasteiger partial charge >= 0.3 is 0 Å². The van der Waals surface area contributed by atoms with Gasteiger partial charge in [0.25, 0.3) is 0 Å². The van der Waals surface area contributed by atoms with E-state index in [1.165, 1.54) is 24.3 Å². The molecule has 0 aliphatic rings. The monoisotopic (exact) mass is 398 g/mol. The van der Waals surface area contributed by atoms with Crippen LogP contribution in [0.15, 0.2) is 64.8 Å². The van der Waals surface area contributed by atoms with Crippen LogP contribution in [0.25, 0.3) is 20.9 Å². The molecule has 25 heavy (non-hydrogen) atoms. The highest BCUT2D eigenvalue weighted by Gasteiger charge is 2.37. The lowest BCUT2D eigenvalue weighted by atomic mass is 9.97. The number of nitrogens with zero attached hydrogens (tertiary/aromatic N) is 6. The summed E-state index contributed by atoms with van der Waals surface area (Å²) in [5.74, 6) is -0.911. The Hall–Kier alpha value is -3.12. The average Bonchev–Trinajstić information content (AvgIpc) is 2.63. The normalized spacial score (nSPS) is 12.2. The number of halogens is 1. The number of ketones is 2. The van der Waals surface area contributed by atoms with Crippen LogP contribution in [0.2, 0.25) is 0 Å². The van der Waals surface area contributed by atoms with Gasteiger partial charge in [-0.25, -0.2) is 0 Å². The number of hydrogen-bond acceptors (Lipinski definition) is 4. The third kappa shape index (κ3) is 4.45. The predicted molar refractivity (Wildman–Crippen MR) is 95.8 cm³/mol. The van der Waals surface area contributed by atoms with Crippen molar-refractivity contribution in [2.24, 2.45) is 10.2 Å². The number of Topliss-reactive ketones (excluding diaryl/α,β-unsaturated/α-hetero) is 2. The van der Waals surface area contributed by atoms with Crippen LogP contribution in [0.3, 0.4) is 0 Å². The third-order valence-corrected chi connectivity index (χ3v) is 4.13. The largest absolute Gasteiger partial charge is 0.294 e. The molecule has 0 N–H and O–H groups in total. The maximum atomic E-state index is 12.6. The van der Waals surface area contributed by atoms with E-state index in [1.54, 1.807) is 30.3 Å². The summed E-state index contributed by atoms with van der Waals surface area (Å²) in [5, 5.41) is 6.92. The van der Waals surface area contributed by atoms with Crippen LogP contribution in [-0.4, -0.2) is 16.0 Å². The number of carbonyl (C=O) groups is 2. The van der Waals surface area contributed by atoms with Gasteiger partial charge in [-0.05, 0) is 11.1 Å². The van der Waals surface area contributed by atoms with Gasteiger partial charge in [-0.1, -0.05) is 80.8 Å². The Morgan fingerprint density at radius 3 is 2.16 bits per heavy atom. The molecule has 0 spiro atoms. The van der Waals surface area contributed by atoms with E-state index in [0.29, 0.717) is 16.8 Å². The van der Waals surface area contributed by atoms with Crippen LogP contribution in [0.4, 0.5) is 5.69 Å². The highest BCUT2D eigenvalue weighted by atomic mass is 79.9. The van der Waals surface area contributed by atoms with Crippen LogP contribution >= 0.6 is 15.9 Å². The molecule has 2 aromatic rings. The molecular weight excluding hydrogens is 388 g/mol. The Bertz CT molecular complexity index is 887. The SMILES string of the molecule is [N-]=[N+]=Nc1ccc(C(=O)CC(Br)(N=[N+]=[N-])C(=O)c2ccccc2)cc1. The predicted octanol–water partition coefficient (Wildman–Crippen LogP) is 5.49. The lowest BCUT2D eigenvalue weighted by Crippen LogP contribution is -2.32. The summed E-state index contributed by atoms with van der Waals surface area (Å²) in [5.41, 5.74) is 18.2. The van der Waals surface area contributed by atoms with E-state index in [1.807, 2.05) is 0 Å². The molecule has 1 unspecified atom stereocenters. The third-order valence-electron chi connectivity index (χ3n) is 3.33. The van der Waals surface area contributed by atoms with Gasteiger partial charge in [-0.3, -0.25) is 9.59 Å². The van der Waals surface area contributed by atoms with E-state index in [-0.39, 0.29) is 6.42 Å². The van der Waals surface area contributed by atoms with Crippen LogP contribution < -0.4 is 0 Å². The van der Waals surface area contributed by atoms with Gasteiger partial charge in [-0.15, -0.1) is 0 Å². The minimum absolute atomic E-state index is 0.301. The second kappa shape index (κ2) is 8.12. The molecule has 0 radical (unpaired) electrons. The van der Waals surface area contributed by atoms with Gasteiger partial charge in [0.15, 0.2) is 16.0 Å². The second-order valence-corrected chi connectivity index (χ2v) is 6.29. The minimum Gasteiger partial charge on any atom is -0.294 e. The number of benzene rings is 2. The van der Waals surface area contributed by atoms with Gasteiger partial charge in [0.05, 0.1) is 0 Å². The van der Waals surface area contributed by atoms with Gasteiger partial charge in [0.1, 0.15) is 0 Å². The molecule has 8 nitrogen and oxygen atoms in total. The highest BCUT2D eigenvalue weighted by molar-refractivity contribution is 9.10. The van der Waals surface area contributed by atoms with Crippen molar-refractivity contribution in [2.75, 3.05) is 0 Å². The molecule has 2 rings (SSSR count). The fraction of sp³-hybridized carbons (Fsp3) is 0.125. The molecule has 124 valence electrons. The molecular formula is C16H11BrN6O2. The molecule has 0 heterocycles. The Labute approximate surface area is 150 Å². The number of carbonyl (C=O) groups excluding carboxylic acids is 2. The zero-order chi connectivity index (χ0) is 18.3. The first kappa shape index (κ1) is 18.2. The van der Waals surface area contributed by atoms with Gasteiger partial charge in [0.2, 0.25) is 0 Å². The highest BCUT2D eigenvalue weighted by Crippen LogP contribution is 2.31. The summed E-state index contributed by atoms with van der Waals surface area (Å²) in [4.78, 5) is 30.5. The molecule has 9 heteroatoms. The molecule has 0 aliphatic carbocycles. The summed E-state index contributed by atoms with van der Waals surface area (Å²) >= 11 is 3.13. The van der Waals surface area contributed by atoms with E-state index < -0.39 is 16.0 Å². The molecule has 1 atom stereocenters. The summed E-state index contributed by atoms with van der Waals surface area (Å²) in [6.07, 6.45) is -0.356. The van der Waals surface area contributed by atoms with Crippen molar-refractivity contribution in [3.05, 3.63) is 86.6 Å². The van der Waals surface area contributed by atoms with Crippen molar-refractivity contribution in [3.8, 4) is 0 Å². The summed E-state index contributed by atoms with van der Waals surface area (Å²) < 4.78 is -1.72. The Morgan fingerprint density at radius 1 is 0.960 bits per heavy atom. The maximum Gasteiger partial charge on any atom is 0.185 e. The first-order valence-corrected chi connectivity index (χ1v) is 7.83. The first-order valence-electron chi connectivity index (χ1n) is 7.03. The maximum absolute atomic E-state index is 12.6. The standard InChI is InChI=1S/C16H11BrN6O2/c17-16(21-23-19,15(25)12-4-2-1-3-5-12)10-14(24)11-6-8-13(9-7-11)20-22-18/h1-9H,10H2. The number of azide groups is 2. The quantitative estimate of drug-likeness (QED) is 0.152. The van der Waals surface area contributed by atoms with E-state index in [4.69, 9.17) is 11.1 Å². The smallest absolute Gasteiger partial charge is 0.185 e. The van der Waals surface area contributed by atoms with E-state index in [9.17, 15) is 9.59 Å². The van der Waals surface area contributed by atoms with E-state index >= 15 is 0 Å². The van der Waals surface area contributed by atoms with E-state index in [2.05, 4.69) is 36.0 Å². The fourth-order valence-electron chi connectivity index (χ4n) is 2.12. The molecule has 0 saturated carbocycles. The molecule has 0 bridgehead atoms. The van der Waals surface area contributed by atoms with Gasteiger partial charge in [-0.2, -0.15) is 0 Å². The molecule has 0 amide bonds. The summed E-state index contributed by atoms with van der Waals surface area (Å²) in [6, 6.07) is 14.2. The Balaban J connectivity index is 2.28. The van der Waals surface area contributed by atoms with Gasteiger partial charge in [0, 0.05) is 33.1 Å². The molecule has 0 fully saturated rings. The number of hydrogen-bond donors (Lipinski definition) is 0. The topological polar surface area (TPSA) is 132 Å². The number of rotatable bonds is 7. The first-order chi connectivity index (χ1) is 12.0. The number of alkyl halides is 1. The van der Waals surface area contributed by atoms with Crippen LogP contribution in [-0.2, 0) is 0 Å². The van der Waals surface area contributed by atoms with Crippen molar-refractivity contribution >= 4 is 33.2 Å². The van der Waals surface area contributed by atoms with Gasteiger partial charge < -0.3 is 0 Å². The van der Waals surface area contributed by atoms with Crippen molar-refractivity contribution in [2.45, 2.75) is 10.9 Å². The van der Waals surface area contributed by atoms with Crippen LogP contribution in [0, 0.1) is 0 Å². The zero-order valence-corrected chi connectivity index (χ0v) is 14.4.